The van der Waals surface area contributed by atoms with Crippen LogP contribution in [0.15, 0.2) is 42.5 Å². The lowest BCUT2D eigenvalue weighted by molar-refractivity contribution is 0.384. The minimum atomic E-state index is -5.19. The first kappa shape index (κ1) is 30.7. The van der Waals surface area contributed by atoms with Gasteiger partial charge in [-0.2, -0.15) is 0 Å². The van der Waals surface area contributed by atoms with E-state index in [-0.39, 0.29) is 0 Å². The van der Waals surface area contributed by atoms with E-state index < -0.39 is 141 Å². The van der Waals surface area contributed by atoms with Crippen LogP contribution in [0.5, 0.6) is 0 Å². The molecule has 15 heteroatoms. The lowest BCUT2D eigenvalue weighted by Gasteiger charge is -2.22. The van der Waals surface area contributed by atoms with Crippen molar-refractivity contribution >= 4 is 59.7 Å². The molecule has 45 heavy (non-hydrogen) atoms. The normalized spacial score (nSPS) is 11.8. The van der Waals surface area contributed by atoms with E-state index in [4.69, 9.17) is 0 Å². The van der Waals surface area contributed by atoms with Gasteiger partial charge in [0, 0.05) is 10.8 Å². The van der Waals surface area contributed by atoms with Crippen molar-refractivity contribution in [1.29, 1.82) is 0 Å². The second kappa shape index (κ2) is 10.6. The highest BCUT2D eigenvalue weighted by Crippen LogP contribution is 2.33. The number of halogens is 14. The summed E-state index contributed by atoms with van der Waals surface area (Å²) in [4.78, 5) is 0. The molecule has 0 spiro atoms. The summed E-state index contributed by atoms with van der Waals surface area (Å²) in [6, 6.07) is 5.27. The van der Waals surface area contributed by atoms with Crippen molar-refractivity contribution in [1.82, 2.24) is 0 Å². The van der Waals surface area contributed by atoms with Crippen LogP contribution in [0, 0.1) is 81.4 Å². The quantitative estimate of drug-likeness (QED) is 0.0603. The minimum Gasteiger partial charge on any atom is -0.206 e. The molecule has 0 aliphatic rings. The topological polar surface area (TPSA) is 0 Å². The van der Waals surface area contributed by atoms with Gasteiger partial charge in [0.05, 0.1) is 10.8 Å². The van der Waals surface area contributed by atoms with E-state index in [1.807, 2.05) is 0 Å². The maximum atomic E-state index is 15.9. The van der Waals surface area contributed by atoms with Crippen molar-refractivity contribution < 1.29 is 61.5 Å². The van der Waals surface area contributed by atoms with Crippen LogP contribution in [0.4, 0.5) is 61.5 Å². The van der Waals surface area contributed by atoms with Crippen LogP contribution in [0.3, 0.4) is 0 Å². The summed E-state index contributed by atoms with van der Waals surface area (Å²) in [7, 11) is 0. The molecule has 228 valence electrons. The van der Waals surface area contributed by atoms with Crippen molar-refractivity contribution in [3.05, 3.63) is 124 Å². The van der Waals surface area contributed by atoms with Gasteiger partial charge in [0.25, 0.3) is 0 Å². The van der Waals surface area contributed by atoms with Gasteiger partial charge in [0.1, 0.15) is 11.6 Å². The van der Waals surface area contributed by atoms with Crippen LogP contribution in [0.2, 0.25) is 0 Å². The highest BCUT2D eigenvalue weighted by atomic mass is 27.2. The van der Waals surface area contributed by atoms with Gasteiger partial charge in [0.15, 0.2) is 69.8 Å². The number of rotatable bonds is 3. The molecule has 0 unspecified atom stereocenters. The summed E-state index contributed by atoms with van der Waals surface area (Å²) in [5, 5.41) is -6.64. The van der Waals surface area contributed by atoms with E-state index in [1.54, 1.807) is 0 Å². The second-order valence-electron chi connectivity index (χ2n) is 9.75. The Morgan fingerprint density at radius 3 is 1.49 bits per heavy atom. The van der Waals surface area contributed by atoms with Crippen LogP contribution in [-0.2, 0) is 0 Å². The van der Waals surface area contributed by atoms with Crippen LogP contribution in [0.1, 0.15) is 0 Å². The molecule has 0 bridgehead atoms. The number of hydrogen-bond donors (Lipinski definition) is 0. The predicted octanol–water partition coefficient (Wildman–Crippen LogP) is 7.61. The molecule has 0 amide bonds. The fourth-order valence-corrected chi connectivity index (χ4v) is 8.97. The third kappa shape index (κ3) is 4.20. The molecule has 0 saturated carbocycles. The van der Waals surface area contributed by atoms with Crippen LogP contribution in [-0.4, -0.2) is 14.1 Å². The average molecular weight is 660 g/mol. The van der Waals surface area contributed by atoms with Gasteiger partial charge < -0.3 is 0 Å². The summed E-state index contributed by atoms with van der Waals surface area (Å²) in [6.07, 6.45) is 0. The molecule has 0 fully saturated rings. The van der Waals surface area contributed by atoms with Crippen molar-refractivity contribution in [2.45, 2.75) is 0 Å². The average Bonchev–Trinajstić information content (AvgIpc) is 3.02. The van der Waals surface area contributed by atoms with E-state index in [0.717, 1.165) is 18.2 Å². The van der Waals surface area contributed by atoms with E-state index in [0.29, 0.717) is 24.3 Å². The van der Waals surface area contributed by atoms with Gasteiger partial charge in [0.2, 0.25) is 0 Å². The SMILES string of the molecule is Fc1c(F)c(F)[c]([Al]([c]2c(F)c(F)c(F)c3c(F)c4c(F)cccc4cc23)[c]2cccc3c(F)c(F)c(F)c(F)c23)c(F)c1F. The molecule has 0 N–H and O–H groups in total. The fourth-order valence-electron chi connectivity index (χ4n) is 5.51. The van der Waals surface area contributed by atoms with Crippen LogP contribution in [0.25, 0.3) is 32.3 Å². The Balaban J connectivity index is 1.93. The first-order valence-corrected chi connectivity index (χ1v) is 14.1. The zero-order valence-corrected chi connectivity index (χ0v) is 22.6. The third-order valence-corrected chi connectivity index (χ3v) is 10.8. The highest BCUT2D eigenvalue weighted by Gasteiger charge is 2.43. The summed E-state index contributed by atoms with van der Waals surface area (Å²) in [5.74, 6) is -32.9. The molecule has 0 aromatic heterocycles. The summed E-state index contributed by atoms with van der Waals surface area (Å²) in [5.41, 5.74) is 0. The fraction of sp³-hybridized carbons (Fsp3) is 0. The molecular weight excluding hydrogens is 653 g/mol. The van der Waals surface area contributed by atoms with Gasteiger partial charge >= 0.3 is 14.1 Å². The molecule has 0 atom stereocenters. The Morgan fingerprint density at radius 1 is 0.356 bits per heavy atom. The molecular formula is C30H7AlF14. The molecule has 0 nitrogen and oxygen atoms in total. The molecule has 6 aromatic rings. The smallest absolute Gasteiger partial charge is 0.206 e. The van der Waals surface area contributed by atoms with E-state index >= 15 is 30.7 Å². The summed E-state index contributed by atoms with van der Waals surface area (Å²) >= 11 is -5.19. The summed E-state index contributed by atoms with van der Waals surface area (Å²) < 4.78 is 205. The van der Waals surface area contributed by atoms with Crippen LogP contribution < -0.4 is 13.3 Å². The lowest BCUT2D eigenvalue weighted by atomic mass is 10.0. The van der Waals surface area contributed by atoms with E-state index in [2.05, 4.69) is 0 Å². The molecule has 0 saturated heterocycles. The van der Waals surface area contributed by atoms with Gasteiger partial charge in [-0.1, -0.05) is 39.2 Å². The Morgan fingerprint density at radius 2 is 0.844 bits per heavy atom. The Kier molecular flexibility index (Phi) is 7.24. The lowest BCUT2D eigenvalue weighted by Crippen LogP contribution is -2.57. The predicted molar refractivity (Wildman–Crippen MR) is 136 cm³/mol. The first-order chi connectivity index (χ1) is 21.2. The third-order valence-electron chi connectivity index (χ3n) is 7.45. The Bertz CT molecular complexity index is 2250. The number of benzene rings is 6. The van der Waals surface area contributed by atoms with Gasteiger partial charge in [-0.15, -0.1) is 0 Å². The second-order valence-corrected chi connectivity index (χ2v) is 12.4. The van der Waals surface area contributed by atoms with E-state index in [9.17, 15) is 30.7 Å². The van der Waals surface area contributed by atoms with Crippen LogP contribution >= 0.6 is 0 Å². The molecule has 6 aromatic carbocycles. The molecule has 0 aliphatic heterocycles. The molecule has 0 aliphatic carbocycles. The minimum absolute atomic E-state index is 0.486. The molecule has 0 radical (unpaired) electrons. The first-order valence-electron chi connectivity index (χ1n) is 12.3. The maximum absolute atomic E-state index is 15.9. The number of fused-ring (bicyclic) bond motifs is 3. The van der Waals surface area contributed by atoms with Crippen molar-refractivity contribution in [2.24, 2.45) is 0 Å². The van der Waals surface area contributed by atoms with Crippen molar-refractivity contribution in [3.8, 4) is 0 Å². The Hall–Kier alpha value is -4.35. The molecule has 0 heterocycles. The van der Waals surface area contributed by atoms with Gasteiger partial charge in [-0.3, -0.25) is 0 Å². The van der Waals surface area contributed by atoms with Crippen molar-refractivity contribution in [2.75, 3.05) is 0 Å². The molecule has 6 rings (SSSR count). The highest BCUT2D eigenvalue weighted by molar-refractivity contribution is 6.98. The van der Waals surface area contributed by atoms with Crippen molar-refractivity contribution in [3.63, 3.8) is 0 Å². The summed E-state index contributed by atoms with van der Waals surface area (Å²) in [6.45, 7) is 0. The zero-order valence-electron chi connectivity index (χ0n) is 21.4. The van der Waals surface area contributed by atoms with Gasteiger partial charge in [-0.05, 0) is 27.3 Å². The van der Waals surface area contributed by atoms with E-state index in [1.165, 1.54) is 0 Å². The monoisotopic (exact) mass is 660 g/mol. The Labute approximate surface area is 245 Å². The standard InChI is InChI=1S/C14H4F5.C10H3F4.C6F5.Al/c15-8-3-1-2-6-4-7-5-9(16)12(17)14(19)11(7)13(18)10(6)8;11-7-5-3-1-2-4-6(5)8(12)10(14)9(7)13;7-2-1-3(8)5(10)6(11)4(2)9;/h1-4H;1-3H;;. The largest absolute Gasteiger partial charge is 0.400 e. The number of hydrogen-bond acceptors (Lipinski definition) is 0. The van der Waals surface area contributed by atoms with Gasteiger partial charge in [-0.25, -0.2) is 61.5 Å². The zero-order chi connectivity index (χ0) is 32.8. The maximum Gasteiger partial charge on any atom is 0.400 e.